The fraction of sp³-hybridized carbons (Fsp3) is 0.200. The summed E-state index contributed by atoms with van der Waals surface area (Å²) in [6, 6.07) is 10.9. The first kappa shape index (κ1) is 19.6. The molecule has 0 fully saturated rings. The van der Waals surface area contributed by atoms with Crippen LogP contribution in [0.4, 0.5) is 23.1 Å². The number of rotatable bonds is 6. The summed E-state index contributed by atoms with van der Waals surface area (Å²) in [5.74, 6) is 0.289. The summed E-state index contributed by atoms with van der Waals surface area (Å²) in [7, 11) is 0. The average Bonchev–Trinajstić information content (AvgIpc) is 2.65. The van der Waals surface area contributed by atoms with E-state index in [1.54, 1.807) is 31.2 Å². The molecule has 2 aromatic carbocycles. The van der Waals surface area contributed by atoms with Gasteiger partial charge in [0.25, 0.3) is 0 Å². The molecule has 7 nitrogen and oxygen atoms in total. The molecular formula is C20H20ClN5O2. The van der Waals surface area contributed by atoms with E-state index in [2.05, 4.69) is 25.8 Å². The van der Waals surface area contributed by atoms with Crippen LogP contribution >= 0.6 is 11.6 Å². The normalized spacial score (nSPS) is 10.4. The minimum absolute atomic E-state index is 0.239. The number of hydrogen-bond acceptors (Lipinski definition) is 7. The van der Waals surface area contributed by atoms with Gasteiger partial charge in [-0.15, -0.1) is 5.10 Å². The molecule has 8 heteroatoms. The SMILES string of the molecule is CCOC(=O)c1ccccc1Nc1nncc(Nc2c(C)cc(C)cc2Cl)n1. The Morgan fingerprint density at radius 2 is 1.96 bits per heavy atom. The molecule has 0 aliphatic carbocycles. The lowest BCUT2D eigenvalue weighted by Gasteiger charge is -2.13. The molecule has 3 aromatic rings. The van der Waals surface area contributed by atoms with E-state index in [1.807, 2.05) is 26.0 Å². The number of aryl methyl sites for hydroxylation is 2. The van der Waals surface area contributed by atoms with Gasteiger partial charge in [-0.2, -0.15) is 10.1 Å². The summed E-state index contributed by atoms with van der Waals surface area (Å²) < 4.78 is 5.08. The van der Waals surface area contributed by atoms with Crippen molar-refractivity contribution in [2.24, 2.45) is 0 Å². The first-order valence-electron chi connectivity index (χ1n) is 8.74. The van der Waals surface area contributed by atoms with E-state index in [-0.39, 0.29) is 5.95 Å². The van der Waals surface area contributed by atoms with Gasteiger partial charge in [-0.1, -0.05) is 29.8 Å². The van der Waals surface area contributed by atoms with E-state index in [1.165, 1.54) is 6.20 Å². The number of esters is 1. The third-order valence-electron chi connectivity index (χ3n) is 3.91. The molecule has 0 aliphatic heterocycles. The fourth-order valence-corrected chi connectivity index (χ4v) is 3.09. The van der Waals surface area contributed by atoms with Crippen LogP contribution in [-0.2, 0) is 4.74 Å². The highest BCUT2D eigenvalue weighted by Crippen LogP contribution is 2.30. The fourth-order valence-electron chi connectivity index (χ4n) is 2.72. The molecule has 0 atom stereocenters. The van der Waals surface area contributed by atoms with Gasteiger partial charge < -0.3 is 15.4 Å². The second kappa shape index (κ2) is 8.67. The summed E-state index contributed by atoms with van der Waals surface area (Å²) >= 11 is 6.35. The first-order chi connectivity index (χ1) is 13.5. The van der Waals surface area contributed by atoms with Gasteiger partial charge in [0.05, 0.1) is 34.8 Å². The molecule has 2 N–H and O–H groups in total. The predicted octanol–water partition coefficient (Wildman–Crippen LogP) is 4.81. The van der Waals surface area contributed by atoms with Crippen LogP contribution in [0.15, 0.2) is 42.6 Å². The van der Waals surface area contributed by atoms with Crippen LogP contribution in [0.5, 0.6) is 0 Å². The van der Waals surface area contributed by atoms with E-state index in [0.29, 0.717) is 28.7 Å². The van der Waals surface area contributed by atoms with Crippen molar-refractivity contribution in [3.63, 3.8) is 0 Å². The first-order valence-corrected chi connectivity index (χ1v) is 9.12. The van der Waals surface area contributed by atoms with E-state index >= 15 is 0 Å². The molecule has 3 rings (SSSR count). The summed E-state index contributed by atoms with van der Waals surface area (Å²) in [4.78, 5) is 16.5. The van der Waals surface area contributed by atoms with Crippen LogP contribution in [-0.4, -0.2) is 27.8 Å². The number of halogens is 1. The van der Waals surface area contributed by atoms with Gasteiger partial charge in [0.15, 0.2) is 5.82 Å². The number of benzene rings is 2. The lowest BCUT2D eigenvalue weighted by atomic mass is 10.1. The number of nitrogens with zero attached hydrogens (tertiary/aromatic N) is 3. The molecule has 0 saturated carbocycles. The average molecular weight is 398 g/mol. The summed E-state index contributed by atoms with van der Waals surface area (Å²) in [5.41, 5.74) is 3.75. The number of ether oxygens (including phenoxy) is 1. The molecule has 0 spiro atoms. The van der Waals surface area contributed by atoms with E-state index < -0.39 is 5.97 Å². The Kier molecular flexibility index (Phi) is 6.06. The lowest BCUT2D eigenvalue weighted by Crippen LogP contribution is -2.09. The smallest absolute Gasteiger partial charge is 0.340 e. The Hall–Kier alpha value is -3.19. The van der Waals surface area contributed by atoms with Crippen molar-refractivity contribution < 1.29 is 9.53 Å². The molecule has 0 aliphatic rings. The molecule has 1 heterocycles. The van der Waals surface area contributed by atoms with Crippen molar-refractivity contribution in [2.45, 2.75) is 20.8 Å². The summed E-state index contributed by atoms with van der Waals surface area (Å²) in [5, 5.41) is 14.7. The quantitative estimate of drug-likeness (QED) is 0.577. The van der Waals surface area contributed by atoms with Gasteiger partial charge >= 0.3 is 5.97 Å². The Labute approximate surface area is 168 Å². The van der Waals surface area contributed by atoms with Crippen LogP contribution in [0.2, 0.25) is 5.02 Å². The van der Waals surface area contributed by atoms with Crippen LogP contribution < -0.4 is 10.6 Å². The van der Waals surface area contributed by atoms with Crippen LogP contribution in [0.1, 0.15) is 28.4 Å². The van der Waals surface area contributed by atoms with E-state index in [4.69, 9.17) is 16.3 Å². The zero-order valence-corrected chi connectivity index (χ0v) is 16.5. The maximum atomic E-state index is 12.1. The zero-order chi connectivity index (χ0) is 20.1. The van der Waals surface area contributed by atoms with Gasteiger partial charge in [0.2, 0.25) is 5.95 Å². The van der Waals surface area contributed by atoms with Crippen LogP contribution in [0.3, 0.4) is 0 Å². The van der Waals surface area contributed by atoms with Gasteiger partial charge in [0, 0.05) is 0 Å². The Balaban J connectivity index is 1.85. The number of aromatic nitrogens is 3. The molecule has 0 saturated heterocycles. The molecule has 0 unspecified atom stereocenters. The Bertz CT molecular complexity index is 986. The highest BCUT2D eigenvalue weighted by molar-refractivity contribution is 6.33. The molecular weight excluding hydrogens is 378 g/mol. The number of anilines is 4. The number of carbonyl (C=O) groups is 1. The largest absolute Gasteiger partial charge is 0.462 e. The lowest BCUT2D eigenvalue weighted by molar-refractivity contribution is 0.0527. The summed E-state index contributed by atoms with van der Waals surface area (Å²) in [6.45, 7) is 6.00. The molecule has 28 heavy (non-hydrogen) atoms. The minimum atomic E-state index is -0.421. The van der Waals surface area contributed by atoms with Gasteiger partial charge in [-0.05, 0) is 50.1 Å². The maximum Gasteiger partial charge on any atom is 0.340 e. The van der Waals surface area contributed by atoms with Crippen LogP contribution in [0.25, 0.3) is 0 Å². The molecule has 0 bridgehead atoms. The zero-order valence-electron chi connectivity index (χ0n) is 15.8. The van der Waals surface area contributed by atoms with Crippen molar-refractivity contribution in [1.82, 2.24) is 15.2 Å². The van der Waals surface area contributed by atoms with E-state index in [9.17, 15) is 4.79 Å². The standard InChI is InChI=1S/C20H20ClN5O2/c1-4-28-19(27)14-7-5-6-8-16(14)23-20-25-17(11-22-26-20)24-18-13(3)9-12(2)10-15(18)21/h5-11H,4H2,1-3H3,(H2,23,24,25,26). The topological polar surface area (TPSA) is 89.0 Å². The number of nitrogens with one attached hydrogen (secondary N) is 2. The van der Waals surface area contributed by atoms with E-state index in [0.717, 1.165) is 16.8 Å². The van der Waals surface area contributed by atoms with Crippen molar-refractivity contribution >= 4 is 40.7 Å². The maximum absolute atomic E-state index is 12.1. The van der Waals surface area contributed by atoms with Crippen molar-refractivity contribution in [2.75, 3.05) is 17.2 Å². The summed E-state index contributed by atoms with van der Waals surface area (Å²) in [6.07, 6.45) is 1.50. The molecule has 0 amide bonds. The molecule has 144 valence electrons. The Morgan fingerprint density at radius 1 is 1.18 bits per heavy atom. The van der Waals surface area contributed by atoms with Gasteiger partial charge in [-0.3, -0.25) is 0 Å². The molecule has 0 radical (unpaired) electrons. The van der Waals surface area contributed by atoms with Crippen molar-refractivity contribution in [3.05, 3.63) is 64.3 Å². The molecule has 1 aromatic heterocycles. The monoisotopic (exact) mass is 397 g/mol. The van der Waals surface area contributed by atoms with Gasteiger partial charge in [-0.25, -0.2) is 4.79 Å². The minimum Gasteiger partial charge on any atom is -0.462 e. The third-order valence-corrected chi connectivity index (χ3v) is 4.21. The predicted molar refractivity (Wildman–Crippen MR) is 110 cm³/mol. The highest BCUT2D eigenvalue weighted by atomic mass is 35.5. The Morgan fingerprint density at radius 3 is 2.71 bits per heavy atom. The van der Waals surface area contributed by atoms with Crippen molar-refractivity contribution in [3.8, 4) is 0 Å². The second-order valence-electron chi connectivity index (χ2n) is 6.12. The number of para-hydroxylation sites is 1. The second-order valence-corrected chi connectivity index (χ2v) is 6.53. The number of carbonyl (C=O) groups excluding carboxylic acids is 1. The van der Waals surface area contributed by atoms with Crippen molar-refractivity contribution in [1.29, 1.82) is 0 Å². The van der Waals surface area contributed by atoms with Gasteiger partial charge in [0.1, 0.15) is 0 Å². The highest BCUT2D eigenvalue weighted by Gasteiger charge is 2.13. The third kappa shape index (κ3) is 4.55. The van der Waals surface area contributed by atoms with Crippen LogP contribution in [0, 0.1) is 13.8 Å². The number of hydrogen-bond donors (Lipinski definition) is 2.